The summed E-state index contributed by atoms with van der Waals surface area (Å²) in [5, 5.41) is 11.3. The number of rotatable bonds is 9. The van der Waals surface area contributed by atoms with E-state index in [1.54, 1.807) is 0 Å². The van der Waals surface area contributed by atoms with Crippen LogP contribution in [0, 0.1) is 0 Å². The molecule has 0 aromatic heterocycles. The Kier molecular flexibility index (Phi) is 10.2. The van der Waals surface area contributed by atoms with Crippen LogP contribution in [0.15, 0.2) is 146 Å². The van der Waals surface area contributed by atoms with Crippen LogP contribution in [0.4, 0.5) is 51.2 Å². The maximum Gasteiger partial charge on any atom is 0.0698 e. The van der Waals surface area contributed by atoms with Crippen molar-refractivity contribution in [2.45, 2.75) is 78.6 Å². The van der Waals surface area contributed by atoms with Crippen molar-refractivity contribution in [3.05, 3.63) is 162 Å². The number of para-hydroxylation sites is 6. The summed E-state index contributed by atoms with van der Waals surface area (Å²) in [6, 6.07) is 52.0. The average Bonchev–Trinajstić information content (AvgIpc) is 3.10. The zero-order chi connectivity index (χ0) is 37.1. The van der Waals surface area contributed by atoms with E-state index in [4.69, 9.17) is 0 Å². The van der Waals surface area contributed by atoms with E-state index in [1.807, 2.05) is 0 Å². The van der Waals surface area contributed by atoms with Gasteiger partial charge in [0, 0.05) is 17.1 Å². The van der Waals surface area contributed by atoms with E-state index in [0.717, 1.165) is 51.2 Å². The van der Waals surface area contributed by atoms with Gasteiger partial charge in [-0.05, 0) is 106 Å². The molecule has 0 aliphatic rings. The highest BCUT2D eigenvalue weighted by molar-refractivity contribution is 5.95. The van der Waals surface area contributed by atoms with Crippen molar-refractivity contribution < 1.29 is 0 Å². The standard InChI is InChI=1S/C48H54N4/c1-46(2,3)34-22-28-37(29-23-34)49-40-16-10-13-19-43(40)52(44-20-14-11-17-41(44)50-38-30-24-35(25-31-38)47(4,5)6)45-21-15-12-18-42(45)51-39-32-26-36(27-33-39)48(7,8)9/h10-33,49-51H,1-9H3. The van der Waals surface area contributed by atoms with E-state index < -0.39 is 0 Å². The zero-order valence-electron chi connectivity index (χ0n) is 32.3. The molecule has 0 saturated heterocycles. The molecule has 0 atom stereocenters. The van der Waals surface area contributed by atoms with E-state index >= 15 is 0 Å². The molecule has 0 heterocycles. The van der Waals surface area contributed by atoms with Gasteiger partial charge in [0.15, 0.2) is 0 Å². The summed E-state index contributed by atoms with van der Waals surface area (Å²) in [4.78, 5) is 2.35. The van der Waals surface area contributed by atoms with E-state index in [2.05, 4.69) is 229 Å². The van der Waals surface area contributed by atoms with Gasteiger partial charge in [0.25, 0.3) is 0 Å². The minimum absolute atomic E-state index is 0.0841. The van der Waals surface area contributed by atoms with Gasteiger partial charge in [-0.25, -0.2) is 0 Å². The lowest BCUT2D eigenvalue weighted by Gasteiger charge is -2.31. The van der Waals surface area contributed by atoms with Gasteiger partial charge >= 0.3 is 0 Å². The molecule has 0 saturated carbocycles. The van der Waals surface area contributed by atoms with E-state index in [-0.39, 0.29) is 16.2 Å². The Bertz CT molecular complexity index is 1850. The number of nitrogens with one attached hydrogen (secondary N) is 3. The summed E-state index contributed by atoms with van der Waals surface area (Å²) >= 11 is 0. The fraction of sp³-hybridized carbons (Fsp3) is 0.250. The number of nitrogens with zero attached hydrogens (tertiary/aromatic N) is 1. The Balaban J connectivity index is 1.46. The minimum atomic E-state index is 0.0841. The van der Waals surface area contributed by atoms with Gasteiger partial charge in [-0.2, -0.15) is 0 Å². The van der Waals surface area contributed by atoms with Crippen LogP contribution in [0.3, 0.4) is 0 Å². The van der Waals surface area contributed by atoms with Crippen LogP contribution in [0.5, 0.6) is 0 Å². The highest BCUT2D eigenvalue weighted by Gasteiger charge is 2.23. The number of anilines is 9. The van der Waals surface area contributed by atoms with Crippen molar-refractivity contribution >= 4 is 51.2 Å². The highest BCUT2D eigenvalue weighted by atomic mass is 15.2. The smallest absolute Gasteiger partial charge is 0.0698 e. The second kappa shape index (κ2) is 14.6. The molecular formula is C48H54N4. The fourth-order valence-electron chi connectivity index (χ4n) is 6.34. The van der Waals surface area contributed by atoms with Crippen molar-refractivity contribution in [3.8, 4) is 0 Å². The second-order valence-corrected chi connectivity index (χ2v) is 16.7. The Morgan fingerprint density at radius 2 is 0.538 bits per heavy atom. The molecule has 0 fully saturated rings. The molecule has 6 rings (SSSR count). The molecule has 3 N–H and O–H groups in total. The van der Waals surface area contributed by atoms with Crippen molar-refractivity contribution in [2.24, 2.45) is 0 Å². The van der Waals surface area contributed by atoms with Gasteiger partial charge in [0.1, 0.15) is 0 Å². The normalized spacial score (nSPS) is 11.9. The third-order valence-corrected chi connectivity index (χ3v) is 9.52. The van der Waals surface area contributed by atoms with Crippen molar-refractivity contribution in [1.82, 2.24) is 0 Å². The Morgan fingerprint density at radius 1 is 0.308 bits per heavy atom. The Labute approximate surface area is 312 Å². The number of hydrogen-bond donors (Lipinski definition) is 3. The maximum atomic E-state index is 3.77. The van der Waals surface area contributed by atoms with Crippen LogP contribution in [0.2, 0.25) is 0 Å². The van der Waals surface area contributed by atoms with Gasteiger partial charge in [-0.1, -0.05) is 135 Å². The molecule has 6 aromatic rings. The predicted molar refractivity (Wildman–Crippen MR) is 226 cm³/mol. The summed E-state index contributed by atoms with van der Waals surface area (Å²) in [5.41, 5.74) is 13.4. The first-order chi connectivity index (χ1) is 24.7. The lowest BCUT2D eigenvalue weighted by atomic mass is 9.87. The summed E-state index contributed by atoms with van der Waals surface area (Å²) in [7, 11) is 0. The van der Waals surface area contributed by atoms with Gasteiger partial charge in [-0.3, -0.25) is 0 Å². The molecule has 52 heavy (non-hydrogen) atoms. The van der Waals surface area contributed by atoms with Crippen LogP contribution < -0.4 is 20.9 Å². The lowest BCUT2D eigenvalue weighted by molar-refractivity contribution is 0.590. The fourth-order valence-corrected chi connectivity index (χ4v) is 6.34. The molecule has 0 aliphatic carbocycles. The monoisotopic (exact) mass is 686 g/mol. The molecule has 0 bridgehead atoms. The summed E-state index contributed by atoms with van der Waals surface area (Å²) in [6.07, 6.45) is 0. The molecule has 0 radical (unpaired) electrons. The van der Waals surface area contributed by atoms with E-state index in [9.17, 15) is 0 Å². The Morgan fingerprint density at radius 3 is 0.769 bits per heavy atom. The van der Waals surface area contributed by atoms with Gasteiger partial charge in [-0.15, -0.1) is 0 Å². The first-order valence-corrected chi connectivity index (χ1v) is 18.4. The molecule has 0 spiro atoms. The van der Waals surface area contributed by atoms with Crippen molar-refractivity contribution in [2.75, 3.05) is 20.9 Å². The van der Waals surface area contributed by atoms with Gasteiger partial charge < -0.3 is 20.9 Å². The molecule has 4 nitrogen and oxygen atoms in total. The lowest BCUT2D eigenvalue weighted by Crippen LogP contribution is -2.15. The molecule has 6 aromatic carbocycles. The highest BCUT2D eigenvalue weighted by Crippen LogP contribution is 2.46. The SMILES string of the molecule is CC(C)(C)c1ccc(Nc2ccccc2N(c2ccccc2Nc2ccc(C(C)(C)C)cc2)c2ccccc2Nc2ccc(C(C)(C)C)cc2)cc1. The average molecular weight is 687 g/mol. The van der Waals surface area contributed by atoms with Crippen LogP contribution in [0.1, 0.15) is 79.0 Å². The molecule has 266 valence electrons. The third-order valence-electron chi connectivity index (χ3n) is 9.52. The Hall–Kier alpha value is -5.48. The zero-order valence-corrected chi connectivity index (χ0v) is 32.3. The minimum Gasteiger partial charge on any atom is -0.354 e. The molecule has 0 aliphatic heterocycles. The van der Waals surface area contributed by atoms with Gasteiger partial charge in [0.2, 0.25) is 0 Å². The van der Waals surface area contributed by atoms with Gasteiger partial charge in [0.05, 0.1) is 34.1 Å². The first-order valence-electron chi connectivity index (χ1n) is 18.4. The van der Waals surface area contributed by atoms with Crippen LogP contribution >= 0.6 is 0 Å². The van der Waals surface area contributed by atoms with E-state index in [1.165, 1.54) is 16.7 Å². The maximum absolute atomic E-state index is 3.77. The second-order valence-electron chi connectivity index (χ2n) is 16.7. The van der Waals surface area contributed by atoms with E-state index in [0.29, 0.717) is 0 Å². The summed E-state index contributed by atoms with van der Waals surface area (Å²) < 4.78 is 0. The van der Waals surface area contributed by atoms with Crippen molar-refractivity contribution in [3.63, 3.8) is 0 Å². The summed E-state index contributed by atoms with van der Waals surface area (Å²) in [6.45, 7) is 20.2. The van der Waals surface area contributed by atoms with Crippen LogP contribution in [-0.2, 0) is 16.2 Å². The summed E-state index contributed by atoms with van der Waals surface area (Å²) in [5.74, 6) is 0. The number of benzene rings is 6. The number of hydrogen-bond acceptors (Lipinski definition) is 4. The molecule has 4 heteroatoms. The molecule has 0 unspecified atom stereocenters. The van der Waals surface area contributed by atoms with Crippen LogP contribution in [0.25, 0.3) is 0 Å². The molecule has 0 amide bonds. The predicted octanol–water partition coefficient (Wildman–Crippen LogP) is 14.3. The largest absolute Gasteiger partial charge is 0.354 e. The first kappa shape index (κ1) is 36.3. The van der Waals surface area contributed by atoms with Crippen LogP contribution in [-0.4, -0.2) is 0 Å². The van der Waals surface area contributed by atoms with Crippen molar-refractivity contribution in [1.29, 1.82) is 0 Å². The molecular weight excluding hydrogens is 633 g/mol. The topological polar surface area (TPSA) is 39.3 Å². The quantitative estimate of drug-likeness (QED) is 0.142. The third kappa shape index (κ3) is 8.51.